The molecule has 0 bridgehead atoms. The van der Waals surface area contributed by atoms with Gasteiger partial charge in [0.05, 0.1) is 17.3 Å². The second kappa shape index (κ2) is 9.17. The molecule has 4 aromatic rings. The van der Waals surface area contributed by atoms with Crippen LogP contribution in [0.3, 0.4) is 0 Å². The first-order valence-electron chi connectivity index (χ1n) is 11.2. The molecule has 5 rings (SSSR count). The number of pyridine rings is 2. The Morgan fingerprint density at radius 2 is 1.88 bits per heavy atom. The summed E-state index contributed by atoms with van der Waals surface area (Å²) in [5.41, 5.74) is 2.51. The Morgan fingerprint density at radius 3 is 2.59 bits per heavy atom. The molecule has 9 heteroatoms. The molecule has 3 heterocycles. The molecule has 1 aromatic carbocycles. The zero-order valence-corrected chi connectivity index (χ0v) is 18.3. The number of benzene rings is 1. The van der Waals surface area contributed by atoms with E-state index >= 15 is 0 Å². The van der Waals surface area contributed by atoms with Gasteiger partial charge >= 0.3 is 0 Å². The molecule has 0 spiro atoms. The van der Waals surface area contributed by atoms with Crippen molar-refractivity contribution >= 4 is 16.8 Å². The summed E-state index contributed by atoms with van der Waals surface area (Å²) in [7, 11) is 0. The third kappa shape index (κ3) is 4.46. The van der Waals surface area contributed by atoms with Crippen molar-refractivity contribution < 1.29 is 18.7 Å². The number of hydrogen-bond donors (Lipinski definition) is 2. The summed E-state index contributed by atoms with van der Waals surface area (Å²) in [5, 5.41) is 17.7. The predicted octanol–water partition coefficient (Wildman–Crippen LogP) is 4.64. The van der Waals surface area contributed by atoms with Crippen LogP contribution in [0.25, 0.3) is 22.2 Å². The van der Waals surface area contributed by atoms with Crippen LogP contribution in [-0.2, 0) is 0 Å². The Labute approximate surface area is 194 Å². The van der Waals surface area contributed by atoms with Gasteiger partial charge in [-0.25, -0.2) is 8.78 Å². The molecule has 0 radical (unpaired) electrons. The number of fused-ring (bicyclic) bond motifs is 1. The fourth-order valence-electron chi connectivity index (χ4n) is 4.45. The molecule has 1 fully saturated rings. The van der Waals surface area contributed by atoms with E-state index in [-0.39, 0.29) is 17.5 Å². The third-order valence-electron chi connectivity index (χ3n) is 6.38. The number of nitrogens with zero attached hydrogens (tertiary/aromatic N) is 4. The molecule has 0 aliphatic heterocycles. The molecule has 0 unspecified atom stereocenters. The van der Waals surface area contributed by atoms with Gasteiger partial charge in [-0.2, -0.15) is 5.10 Å². The third-order valence-corrected chi connectivity index (χ3v) is 6.38. The fraction of sp³-hybridized carbons (Fsp3) is 0.280. The van der Waals surface area contributed by atoms with E-state index in [4.69, 9.17) is 5.10 Å². The number of carbonyl (C=O) groups excluding carboxylic acids is 1. The maximum absolute atomic E-state index is 13.5. The smallest absolute Gasteiger partial charge is 0.251 e. The lowest BCUT2D eigenvalue weighted by Crippen LogP contribution is -2.31. The number of phenolic OH excluding ortho intramolecular Hbond substituents is 1. The van der Waals surface area contributed by atoms with Crippen LogP contribution in [0.1, 0.15) is 42.1 Å². The number of rotatable bonds is 5. The maximum atomic E-state index is 13.5. The Bertz CT molecular complexity index is 1310. The summed E-state index contributed by atoms with van der Waals surface area (Å²) in [6, 6.07) is 7.75. The zero-order valence-electron chi connectivity index (χ0n) is 18.3. The topological polar surface area (TPSA) is 92.9 Å². The van der Waals surface area contributed by atoms with Crippen molar-refractivity contribution in [2.75, 3.05) is 6.54 Å². The lowest BCUT2D eigenvalue weighted by molar-refractivity contribution is 0.0940. The summed E-state index contributed by atoms with van der Waals surface area (Å²) < 4.78 is 29.0. The van der Waals surface area contributed by atoms with Crippen molar-refractivity contribution in [1.82, 2.24) is 25.1 Å². The van der Waals surface area contributed by atoms with E-state index in [9.17, 15) is 18.7 Å². The number of aromatic nitrogens is 4. The Balaban J connectivity index is 1.18. The lowest BCUT2D eigenvalue weighted by Gasteiger charge is -2.28. The average molecular weight is 463 g/mol. The molecular formula is C25H23F2N5O2. The first-order valence-corrected chi connectivity index (χ1v) is 11.2. The van der Waals surface area contributed by atoms with Crippen molar-refractivity contribution in [3.8, 4) is 17.0 Å². The van der Waals surface area contributed by atoms with Crippen LogP contribution in [0.15, 0.2) is 55.1 Å². The van der Waals surface area contributed by atoms with Crippen LogP contribution in [-0.4, -0.2) is 37.3 Å². The maximum Gasteiger partial charge on any atom is 0.251 e. The zero-order chi connectivity index (χ0) is 23.7. The number of amides is 1. The monoisotopic (exact) mass is 463 g/mol. The number of hydrogen-bond acceptors (Lipinski definition) is 5. The van der Waals surface area contributed by atoms with Crippen LogP contribution in [0.4, 0.5) is 8.78 Å². The van der Waals surface area contributed by atoms with E-state index in [1.165, 1.54) is 0 Å². The molecular weight excluding hydrogens is 440 g/mol. The predicted molar refractivity (Wildman–Crippen MR) is 122 cm³/mol. The van der Waals surface area contributed by atoms with E-state index in [0.717, 1.165) is 60.0 Å². The van der Waals surface area contributed by atoms with Gasteiger partial charge in [-0.3, -0.25) is 19.4 Å². The van der Waals surface area contributed by atoms with Crippen molar-refractivity contribution in [3.05, 3.63) is 72.3 Å². The number of nitrogens with one attached hydrogen (secondary N) is 1. The largest absolute Gasteiger partial charge is 0.503 e. The minimum Gasteiger partial charge on any atom is -0.503 e. The average Bonchev–Trinajstić information content (AvgIpc) is 3.30. The molecule has 0 atom stereocenters. The SMILES string of the molecule is O=C(NCC1CCC(n2cc3cnc(-c4cccnc4)cc3n2)CC1)c1cc(F)c(O)c(F)c1. The Hall–Kier alpha value is -3.88. The van der Waals surface area contributed by atoms with Crippen molar-refractivity contribution in [1.29, 1.82) is 0 Å². The summed E-state index contributed by atoms with van der Waals surface area (Å²) in [6.07, 6.45) is 11.0. The van der Waals surface area contributed by atoms with Gasteiger partial charge in [-0.05, 0) is 61.9 Å². The molecule has 1 aliphatic rings. The van der Waals surface area contributed by atoms with Crippen LogP contribution in [0, 0.1) is 17.6 Å². The van der Waals surface area contributed by atoms with E-state index < -0.39 is 23.3 Å². The van der Waals surface area contributed by atoms with Gasteiger partial charge in [0, 0.05) is 47.8 Å². The molecule has 1 aliphatic carbocycles. The molecule has 1 amide bonds. The number of aromatic hydroxyl groups is 1. The highest BCUT2D eigenvalue weighted by atomic mass is 19.1. The summed E-state index contributed by atoms with van der Waals surface area (Å²) in [5.74, 6) is -3.67. The standard InChI is InChI=1S/C25H23F2N5O2/c26-20-8-17(9-21(27)24(20)33)25(34)30-11-15-3-5-19(6-4-15)32-14-18-13-29-22(10-23(18)31-32)16-2-1-7-28-12-16/h1-2,7-10,12-15,19,33H,3-6,11H2,(H,30,34). The van der Waals surface area contributed by atoms with E-state index in [2.05, 4.69) is 15.3 Å². The highest BCUT2D eigenvalue weighted by molar-refractivity contribution is 5.94. The number of carbonyl (C=O) groups is 1. The second-order valence-corrected chi connectivity index (χ2v) is 8.65. The summed E-state index contributed by atoms with van der Waals surface area (Å²) in [4.78, 5) is 20.9. The van der Waals surface area contributed by atoms with Crippen molar-refractivity contribution in [3.63, 3.8) is 0 Å². The van der Waals surface area contributed by atoms with Gasteiger partial charge in [0.25, 0.3) is 5.91 Å². The fourth-order valence-corrected chi connectivity index (χ4v) is 4.45. The lowest BCUT2D eigenvalue weighted by atomic mass is 9.86. The summed E-state index contributed by atoms with van der Waals surface area (Å²) >= 11 is 0. The molecule has 3 aromatic heterocycles. The quantitative estimate of drug-likeness (QED) is 0.450. The molecule has 7 nitrogen and oxygen atoms in total. The normalized spacial score (nSPS) is 18.2. The van der Waals surface area contributed by atoms with Gasteiger partial charge < -0.3 is 10.4 Å². The molecule has 2 N–H and O–H groups in total. The summed E-state index contributed by atoms with van der Waals surface area (Å²) in [6.45, 7) is 0.426. The van der Waals surface area contributed by atoms with E-state index in [0.29, 0.717) is 6.54 Å². The van der Waals surface area contributed by atoms with Crippen molar-refractivity contribution in [2.45, 2.75) is 31.7 Å². The second-order valence-electron chi connectivity index (χ2n) is 8.65. The van der Waals surface area contributed by atoms with Crippen LogP contribution in [0.5, 0.6) is 5.75 Å². The van der Waals surface area contributed by atoms with Gasteiger partial charge in [-0.15, -0.1) is 0 Å². The molecule has 0 saturated heterocycles. The Kier molecular flexibility index (Phi) is 5.91. The highest BCUT2D eigenvalue weighted by Gasteiger charge is 2.24. The van der Waals surface area contributed by atoms with Crippen LogP contribution >= 0.6 is 0 Å². The van der Waals surface area contributed by atoms with Crippen molar-refractivity contribution in [2.24, 2.45) is 5.92 Å². The highest BCUT2D eigenvalue weighted by Crippen LogP contribution is 2.33. The first kappa shape index (κ1) is 21.9. The van der Waals surface area contributed by atoms with Crippen LogP contribution in [0.2, 0.25) is 0 Å². The van der Waals surface area contributed by atoms with Gasteiger partial charge in [0.1, 0.15) is 0 Å². The minimum atomic E-state index is -1.15. The van der Waals surface area contributed by atoms with Gasteiger partial charge in [0.15, 0.2) is 17.4 Å². The van der Waals surface area contributed by atoms with Gasteiger partial charge in [0.2, 0.25) is 0 Å². The minimum absolute atomic E-state index is 0.149. The van der Waals surface area contributed by atoms with E-state index in [1.807, 2.05) is 35.3 Å². The number of halogens is 2. The molecule has 1 saturated carbocycles. The van der Waals surface area contributed by atoms with Gasteiger partial charge in [-0.1, -0.05) is 0 Å². The first-order chi connectivity index (χ1) is 16.5. The molecule has 174 valence electrons. The van der Waals surface area contributed by atoms with Crippen LogP contribution < -0.4 is 5.32 Å². The Morgan fingerprint density at radius 1 is 1.12 bits per heavy atom. The molecule has 34 heavy (non-hydrogen) atoms. The van der Waals surface area contributed by atoms with E-state index in [1.54, 1.807) is 12.4 Å². The number of phenols is 1.